The second-order valence-corrected chi connectivity index (χ2v) is 13.3. The molecule has 10 rings (SSSR count). The molecule has 0 atom stereocenters. The van der Waals surface area contributed by atoms with Gasteiger partial charge in [0.2, 0.25) is 0 Å². The van der Waals surface area contributed by atoms with Gasteiger partial charge in [-0.25, -0.2) is 24.9 Å². The van der Waals surface area contributed by atoms with E-state index in [2.05, 4.69) is 72.8 Å². The number of para-hydroxylation sites is 1. The van der Waals surface area contributed by atoms with E-state index in [1.807, 2.05) is 115 Å². The van der Waals surface area contributed by atoms with E-state index in [4.69, 9.17) is 29.3 Å². The monoisotopic (exact) mass is 705 g/mol. The maximum atomic E-state index is 6.60. The lowest BCUT2D eigenvalue weighted by Crippen LogP contribution is -2.00. The summed E-state index contributed by atoms with van der Waals surface area (Å²) in [5.74, 6) is 2.35. The van der Waals surface area contributed by atoms with Gasteiger partial charge >= 0.3 is 0 Å². The summed E-state index contributed by atoms with van der Waals surface area (Å²) in [5.41, 5.74) is 10.8. The standard InChI is InChI=1S/C49H31N5O/c1-5-16-32(17-6-1)42-31-43(33-18-7-2-8-19-33)51-48(50-42)37-25-15-24-36(28-37)38-29-40-39-26-13-14-27-44(39)55-45(40)41(30-38)49-53-46(34-20-9-3-10-21-34)52-47(54-49)35-22-11-4-12-23-35/h1-31H. The van der Waals surface area contributed by atoms with Crippen molar-refractivity contribution in [2.24, 2.45) is 0 Å². The summed E-state index contributed by atoms with van der Waals surface area (Å²) >= 11 is 0. The molecule has 3 heterocycles. The molecule has 10 aromatic rings. The van der Waals surface area contributed by atoms with Gasteiger partial charge in [-0.15, -0.1) is 0 Å². The van der Waals surface area contributed by atoms with E-state index >= 15 is 0 Å². The molecule has 3 aromatic heterocycles. The van der Waals surface area contributed by atoms with Crippen LogP contribution in [-0.4, -0.2) is 24.9 Å². The molecule has 0 aliphatic rings. The molecule has 0 aliphatic heterocycles. The van der Waals surface area contributed by atoms with E-state index in [9.17, 15) is 0 Å². The number of fused-ring (bicyclic) bond motifs is 3. The molecule has 0 spiro atoms. The molecule has 0 bridgehead atoms. The molecule has 0 aliphatic carbocycles. The zero-order chi connectivity index (χ0) is 36.6. The Morgan fingerprint density at radius 2 is 0.764 bits per heavy atom. The predicted molar refractivity (Wildman–Crippen MR) is 221 cm³/mol. The highest BCUT2D eigenvalue weighted by molar-refractivity contribution is 6.11. The largest absolute Gasteiger partial charge is 0.455 e. The first kappa shape index (κ1) is 32.1. The van der Waals surface area contributed by atoms with Crippen molar-refractivity contribution in [1.82, 2.24) is 24.9 Å². The van der Waals surface area contributed by atoms with Crippen LogP contribution in [0, 0.1) is 0 Å². The minimum absolute atomic E-state index is 0.529. The quantitative estimate of drug-likeness (QED) is 0.164. The Bertz CT molecular complexity index is 2850. The second-order valence-electron chi connectivity index (χ2n) is 13.3. The first-order valence-electron chi connectivity index (χ1n) is 18.2. The minimum atomic E-state index is 0.529. The molecule has 55 heavy (non-hydrogen) atoms. The van der Waals surface area contributed by atoms with Crippen LogP contribution in [-0.2, 0) is 0 Å². The van der Waals surface area contributed by atoms with Crippen molar-refractivity contribution in [3.05, 3.63) is 188 Å². The molecule has 0 saturated carbocycles. The Labute approximate surface area is 317 Å². The van der Waals surface area contributed by atoms with Crippen LogP contribution in [0.1, 0.15) is 0 Å². The van der Waals surface area contributed by atoms with E-state index < -0.39 is 0 Å². The van der Waals surface area contributed by atoms with Crippen molar-refractivity contribution in [3.8, 4) is 79.2 Å². The summed E-state index contributed by atoms with van der Waals surface area (Å²) in [6.07, 6.45) is 0. The van der Waals surface area contributed by atoms with Gasteiger partial charge in [0.1, 0.15) is 11.2 Å². The van der Waals surface area contributed by atoms with Gasteiger partial charge in [0.25, 0.3) is 0 Å². The first-order valence-corrected chi connectivity index (χ1v) is 18.2. The Morgan fingerprint density at radius 1 is 0.291 bits per heavy atom. The first-order chi connectivity index (χ1) is 27.2. The molecule has 0 amide bonds. The summed E-state index contributed by atoms with van der Waals surface area (Å²) < 4.78 is 6.60. The number of nitrogens with zero attached hydrogens (tertiary/aromatic N) is 5. The van der Waals surface area contributed by atoms with Gasteiger partial charge in [-0.2, -0.15) is 0 Å². The topological polar surface area (TPSA) is 77.6 Å². The Hall–Kier alpha value is -7.57. The molecular formula is C49H31N5O. The third-order valence-electron chi connectivity index (χ3n) is 9.74. The van der Waals surface area contributed by atoms with Gasteiger partial charge in [-0.3, -0.25) is 0 Å². The van der Waals surface area contributed by atoms with Gasteiger partial charge in [-0.1, -0.05) is 158 Å². The lowest BCUT2D eigenvalue weighted by molar-refractivity contribution is 0.669. The highest BCUT2D eigenvalue weighted by atomic mass is 16.3. The molecule has 6 heteroatoms. The van der Waals surface area contributed by atoms with Crippen LogP contribution in [0.4, 0.5) is 0 Å². The van der Waals surface area contributed by atoms with Crippen LogP contribution < -0.4 is 0 Å². The van der Waals surface area contributed by atoms with Crippen molar-refractivity contribution in [3.63, 3.8) is 0 Å². The Balaban J connectivity index is 1.17. The molecule has 0 saturated heterocycles. The number of hydrogen-bond donors (Lipinski definition) is 0. The third-order valence-corrected chi connectivity index (χ3v) is 9.74. The third kappa shape index (κ3) is 6.22. The fraction of sp³-hybridized carbons (Fsp3) is 0. The number of benzene rings is 7. The average Bonchev–Trinajstić information content (AvgIpc) is 3.66. The van der Waals surface area contributed by atoms with E-state index in [1.54, 1.807) is 0 Å². The van der Waals surface area contributed by atoms with Crippen LogP contribution >= 0.6 is 0 Å². The molecule has 0 unspecified atom stereocenters. The van der Waals surface area contributed by atoms with Gasteiger partial charge < -0.3 is 4.42 Å². The summed E-state index contributed by atoms with van der Waals surface area (Å²) in [4.78, 5) is 25.3. The summed E-state index contributed by atoms with van der Waals surface area (Å²) in [6, 6.07) is 63.4. The lowest BCUT2D eigenvalue weighted by atomic mass is 9.97. The van der Waals surface area contributed by atoms with Crippen LogP contribution in [0.3, 0.4) is 0 Å². The van der Waals surface area contributed by atoms with E-state index in [1.165, 1.54) is 0 Å². The predicted octanol–water partition coefficient (Wildman–Crippen LogP) is 12.2. The number of aromatic nitrogens is 5. The van der Waals surface area contributed by atoms with Crippen LogP contribution in [0.25, 0.3) is 101 Å². The summed E-state index contributed by atoms with van der Waals surface area (Å²) in [5, 5.41) is 1.99. The van der Waals surface area contributed by atoms with Crippen molar-refractivity contribution >= 4 is 21.9 Å². The Kier molecular flexibility index (Phi) is 8.04. The van der Waals surface area contributed by atoms with Gasteiger partial charge in [-0.05, 0) is 41.5 Å². The SMILES string of the molecule is c1ccc(-c2cc(-c3ccccc3)nc(-c3cccc(-c4cc(-c5nc(-c6ccccc6)nc(-c6ccccc6)n5)c5oc6ccccc6c5c4)c3)n2)cc1. The molecular weight excluding hydrogens is 675 g/mol. The van der Waals surface area contributed by atoms with E-state index in [0.717, 1.165) is 77.8 Å². The molecule has 0 fully saturated rings. The second kappa shape index (κ2) is 13.8. The smallest absolute Gasteiger partial charge is 0.167 e. The van der Waals surface area contributed by atoms with Gasteiger partial charge in [0.05, 0.1) is 17.0 Å². The lowest BCUT2D eigenvalue weighted by Gasteiger charge is -2.12. The number of hydrogen-bond acceptors (Lipinski definition) is 6. The molecule has 6 nitrogen and oxygen atoms in total. The maximum absolute atomic E-state index is 6.60. The van der Waals surface area contributed by atoms with Crippen LogP contribution in [0.5, 0.6) is 0 Å². The summed E-state index contributed by atoms with van der Waals surface area (Å²) in [7, 11) is 0. The summed E-state index contributed by atoms with van der Waals surface area (Å²) in [6.45, 7) is 0. The number of furan rings is 1. The fourth-order valence-corrected chi connectivity index (χ4v) is 7.02. The average molecular weight is 706 g/mol. The molecule has 0 N–H and O–H groups in total. The minimum Gasteiger partial charge on any atom is -0.455 e. The molecule has 0 radical (unpaired) electrons. The highest BCUT2D eigenvalue weighted by Gasteiger charge is 2.20. The Morgan fingerprint density at radius 3 is 1.36 bits per heavy atom. The highest BCUT2D eigenvalue weighted by Crippen LogP contribution is 2.40. The number of rotatable bonds is 7. The van der Waals surface area contributed by atoms with E-state index in [0.29, 0.717) is 23.3 Å². The fourth-order valence-electron chi connectivity index (χ4n) is 7.02. The zero-order valence-corrected chi connectivity index (χ0v) is 29.5. The van der Waals surface area contributed by atoms with Gasteiger partial charge in [0, 0.05) is 38.6 Å². The van der Waals surface area contributed by atoms with Crippen LogP contribution in [0.15, 0.2) is 192 Å². The molecule has 258 valence electrons. The van der Waals surface area contributed by atoms with Gasteiger partial charge in [0.15, 0.2) is 23.3 Å². The molecule has 7 aromatic carbocycles. The van der Waals surface area contributed by atoms with Crippen molar-refractivity contribution in [2.75, 3.05) is 0 Å². The van der Waals surface area contributed by atoms with Crippen molar-refractivity contribution in [2.45, 2.75) is 0 Å². The van der Waals surface area contributed by atoms with Crippen molar-refractivity contribution < 1.29 is 4.42 Å². The maximum Gasteiger partial charge on any atom is 0.167 e. The van der Waals surface area contributed by atoms with Crippen LogP contribution in [0.2, 0.25) is 0 Å². The van der Waals surface area contributed by atoms with Crippen molar-refractivity contribution in [1.29, 1.82) is 0 Å². The zero-order valence-electron chi connectivity index (χ0n) is 29.5. The van der Waals surface area contributed by atoms with E-state index in [-0.39, 0.29) is 0 Å². The normalized spacial score (nSPS) is 11.3.